The summed E-state index contributed by atoms with van der Waals surface area (Å²) >= 11 is 0. The molecule has 2 aliphatic rings. The largest absolute Gasteiger partial charge is 0.375 e. The Morgan fingerprint density at radius 2 is 2.20 bits per heavy atom. The number of aromatic nitrogens is 1. The lowest BCUT2D eigenvalue weighted by molar-refractivity contribution is -0.385. The van der Waals surface area contributed by atoms with Gasteiger partial charge in [-0.1, -0.05) is 12.8 Å². The maximum absolute atomic E-state index is 10.6. The van der Waals surface area contributed by atoms with Crippen molar-refractivity contribution in [2.24, 2.45) is 0 Å². The molecule has 108 valence electrons. The molecular weight excluding hydrogens is 258 g/mol. The van der Waals surface area contributed by atoms with Crippen molar-refractivity contribution >= 4 is 11.5 Å². The molecule has 2 fully saturated rings. The maximum Gasteiger partial charge on any atom is 0.287 e. The summed E-state index contributed by atoms with van der Waals surface area (Å²) in [5.41, 5.74) is 0.0891. The van der Waals surface area contributed by atoms with Crippen molar-refractivity contribution < 1.29 is 9.66 Å². The molecule has 1 atom stereocenters. The monoisotopic (exact) mass is 277 g/mol. The van der Waals surface area contributed by atoms with Gasteiger partial charge < -0.3 is 10.1 Å². The van der Waals surface area contributed by atoms with E-state index in [0.29, 0.717) is 11.9 Å². The number of anilines is 1. The minimum Gasteiger partial charge on any atom is -0.375 e. The molecule has 1 aromatic rings. The molecule has 0 amide bonds. The van der Waals surface area contributed by atoms with E-state index in [1.807, 2.05) is 0 Å². The standard InChI is InChI=1S/C14H19N3O3/c18-17(19)12-3-4-13(15-10-12)16-11-5-8-20-14(9-11)6-1-2-7-14/h3-4,10-11H,1-2,5-9H2,(H,15,16). The fourth-order valence-electron chi connectivity index (χ4n) is 3.31. The molecular formula is C14H19N3O3. The molecule has 1 unspecified atom stereocenters. The van der Waals surface area contributed by atoms with E-state index in [0.717, 1.165) is 32.3 Å². The zero-order valence-corrected chi connectivity index (χ0v) is 11.4. The first kappa shape index (κ1) is 13.3. The van der Waals surface area contributed by atoms with Crippen LogP contribution in [0.25, 0.3) is 0 Å². The van der Waals surface area contributed by atoms with Gasteiger partial charge in [0, 0.05) is 18.7 Å². The van der Waals surface area contributed by atoms with Gasteiger partial charge in [0.25, 0.3) is 5.69 Å². The zero-order chi connectivity index (χ0) is 14.0. The molecule has 1 aliphatic carbocycles. The van der Waals surface area contributed by atoms with Crippen LogP contribution in [0.15, 0.2) is 18.3 Å². The Balaban J connectivity index is 1.63. The molecule has 1 spiro atoms. The van der Waals surface area contributed by atoms with Crippen molar-refractivity contribution in [2.75, 3.05) is 11.9 Å². The van der Waals surface area contributed by atoms with E-state index < -0.39 is 4.92 Å². The summed E-state index contributed by atoms with van der Waals surface area (Å²) in [7, 11) is 0. The highest BCUT2D eigenvalue weighted by Gasteiger charge is 2.39. The second kappa shape index (κ2) is 5.36. The van der Waals surface area contributed by atoms with Crippen LogP contribution in [0.3, 0.4) is 0 Å². The van der Waals surface area contributed by atoms with Crippen molar-refractivity contribution in [2.45, 2.75) is 50.2 Å². The number of nitrogens with zero attached hydrogens (tertiary/aromatic N) is 2. The normalized spacial score (nSPS) is 24.7. The quantitative estimate of drug-likeness (QED) is 0.679. The number of nitro groups is 1. The topological polar surface area (TPSA) is 77.3 Å². The first-order valence-corrected chi connectivity index (χ1v) is 7.18. The van der Waals surface area contributed by atoms with Gasteiger partial charge in [0.2, 0.25) is 0 Å². The van der Waals surface area contributed by atoms with Gasteiger partial charge in [-0.15, -0.1) is 0 Å². The molecule has 3 rings (SSSR count). The Morgan fingerprint density at radius 1 is 1.40 bits per heavy atom. The van der Waals surface area contributed by atoms with E-state index in [4.69, 9.17) is 4.74 Å². The molecule has 1 aromatic heterocycles. The van der Waals surface area contributed by atoms with Crippen LogP contribution < -0.4 is 5.32 Å². The van der Waals surface area contributed by atoms with E-state index in [9.17, 15) is 10.1 Å². The predicted octanol–water partition coefficient (Wildman–Crippen LogP) is 2.89. The summed E-state index contributed by atoms with van der Waals surface area (Å²) in [6.45, 7) is 0.782. The average molecular weight is 277 g/mol. The van der Waals surface area contributed by atoms with Crippen molar-refractivity contribution in [3.05, 3.63) is 28.4 Å². The first-order valence-electron chi connectivity index (χ1n) is 7.18. The molecule has 6 nitrogen and oxygen atoms in total. The predicted molar refractivity (Wildman–Crippen MR) is 74.7 cm³/mol. The lowest BCUT2D eigenvalue weighted by atomic mass is 9.89. The fourth-order valence-corrected chi connectivity index (χ4v) is 3.31. The van der Waals surface area contributed by atoms with Gasteiger partial charge in [-0.05, 0) is 31.7 Å². The van der Waals surface area contributed by atoms with Crippen LogP contribution in [0.1, 0.15) is 38.5 Å². The van der Waals surface area contributed by atoms with Gasteiger partial charge in [-0.2, -0.15) is 0 Å². The summed E-state index contributed by atoms with van der Waals surface area (Å²) in [4.78, 5) is 14.3. The van der Waals surface area contributed by atoms with Crippen LogP contribution in [0.5, 0.6) is 0 Å². The third-order valence-electron chi connectivity index (χ3n) is 4.32. The molecule has 1 N–H and O–H groups in total. The SMILES string of the molecule is O=[N+]([O-])c1ccc(NC2CCOC3(CCCC3)C2)nc1. The van der Waals surface area contributed by atoms with Crippen molar-refractivity contribution in [3.63, 3.8) is 0 Å². The molecule has 1 saturated carbocycles. The number of hydrogen-bond donors (Lipinski definition) is 1. The number of hydrogen-bond acceptors (Lipinski definition) is 5. The van der Waals surface area contributed by atoms with E-state index >= 15 is 0 Å². The Hall–Kier alpha value is -1.69. The minimum atomic E-state index is -0.432. The number of nitrogens with one attached hydrogen (secondary N) is 1. The van der Waals surface area contributed by atoms with Gasteiger partial charge >= 0.3 is 0 Å². The molecule has 2 heterocycles. The number of rotatable bonds is 3. The van der Waals surface area contributed by atoms with Crippen LogP contribution in [0, 0.1) is 10.1 Å². The van der Waals surface area contributed by atoms with Crippen LogP contribution in [0.4, 0.5) is 11.5 Å². The van der Waals surface area contributed by atoms with Gasteiger partial charge in [0.15, 0.2) is 0 Å². The van der Waals surface area contributed by atoms with E-state index in [1.165, 1.54) is 25.1 Å². The minimum absolute atomic E-state index is 0.0230. The highest BCUT2D eigenvalue weighted by Crippen LogP contribution is 2.40. The lowest BCUT2D eigenvalue weighted by Gasteiger charge is -2.38. The second-order valence-corrected chi connectivity index (χ2v) is 5.73. The van der Waals surface area contributed by atoms with Crippen LogP contribution >= 0.6 is 0 Å². The van der Waals surface area contributed by atoms with Crippen molar-refractivity contribution in [1.82, 2.24) is 4.98 Å². The second-order valence-electron chi connectivity index (χ2n) is 5.73. The summed E-state index contributed by atoms with van der Waals surface area (Å²) < 4.78 is 6.00. The summed E-state index contributed by atoms with van der Waals surface area (Å²) in [5, 5.41) is 14.0. The van der Waals surface area contributed by atoms with E-state index in [-0.39, 0.29) is 11.3 Å². The molecule has 0 aromatic carbocycles. The molecule has 0 bridgehead atoms. The third-order valence-corrected chi connectivity index (χ3v) is 4.32. The van der Waals surface area contributed by atoms with E-state index in [1.54, 1.807) is 6.07 Å². The first-order chi connectivity index (χ1) is 9.67. The Labute approximate surface area is 117 Å². The van der Waals surface area contributed by atoms with Gasteiger partial charge in [0.05, 0.1) is 10.5 Å². The van der Waals surface area contributed by atoms with Crippen LogP contribution in [-0.4, -0.2) is 28.2 Å². The number of pyridine rings is 1. The average Bonchev–Trinajstić information content (AvgIpc) is 2.87. The molecule has 1 saturated heterocycles. The van der Waals surface area contributed by atoms with Gasteiger partial charge in [-0.3, -0.25) is 10.1 Å². The summed E-state index contributed by atoms with van der Waals surface area (Å²) in [6.07, 6.45) is 8.07. The Kier molecular flexibility index (Phi) is 3.56. The number of ether oxygens (including phenoxy) is 1. The zero-order valence-electron chi connectivity index (χ0n) is 11.4. The van der Waals surface area contributed by atoms with E-state index in [2.05, 4.69) is 10.3 Å². The smallest absolute Gasteiger partial charge is 0.287 e. The molecule has 6 heteroatoms. The third kappa shape index (κ3) is 2.75. The van der Waals surface area contributed by atoms with Crippen LogP contribution in [0.2, 0.25) is 0 Å². The molecule has 0 radical (unpaired) electrons. The van der Waals surface area contributed by atoms with Crippen molar-refractivity contribution in [3.8, 4) is 0 Å². The fraction of sp³-hybridized carbons (Fsp3) is 0.643. The van der Waals surface area contributed by atoms with Crippen molar-refractivity contribution in [1.29, 1.82) is 0 Å². The van der Waals surface area contributed by atoms with Gasteiger partial charge in [-0.25, -0.2) is 4.98 Å². The van der Waals surface area contributed by atoms with Gasteiger partial charge in [0.1, 0.15) is 12.0 Å². The maximum atomic E-state index is 10.6. The molecule has 20 heavy (non-hydrogen) atoms. The Bertz CT molecular complexity index is 483. The highest BCUT2D eigenvalue weighted by atomic mass is 16.6. The molecule has 1 aliphatic heterocycles. The summed E-state index contributed by atoms with van der Waals surface area (Å²) in [6, 6.07) is 3.50. The lowest BCUT2D eigenvalue weighted by Crippen LogP contribution is -2.42. The Morgan fingerprint density at radius 3 is 2.85 bits per heavy atom. The summed E-state index contributed by atoms with van der Waals surface area (Å²) in [5.74, 6) is 0.704. The highest BCUT2D eigenvalue weighted by molar-refractivity contribution is 5.41. The van der Waals surface area contributed by atoms with Crippen LogP contribution in [-0.2, 0) is 4.74 Å².